The molecule has 1 atom stereocenters. The van der Waals surface area contributed by atoms with E-state index < -0.39 is 27.3 Å². The van der Waals surface area contributed by atoms with Gasteiger partial charge in [0, 0.05) is 13.3 Å². The Balaban J connectivity index is 2.30. The van der Waals surface area contributed by atoms with Crippen LogP contribution >= 0.6 is 0 Å². The lowest BCUT2D eigenvalue weighted by molar-refractivity contribution is -0.145. The van der Waals surface area contributed by atoms with E-state index in [1.807, 2.05) is 0 Å². The third-order valence-corrected chi connectivity index (χ3v) is 4.94. The number of carbonyl (C=O) groups is 1. The second kappa shape index (κ2) is 6.02. The van der Waals surface area contributed by atoms with Gasteiger partial charge in [-0.25, -0.2) is 18.4 Å². The number of methoxy groups -OCH3 is 1. The van der Waals surface area contributed by atoms with Crippen LogP contribution in [0.5, 0.6) is 0 Å². The van der Waals surface area contributed by atoms with Gasteiger partial charge in [-0.2, -0.15) is 0 Å². The third kappa shape index (κ3) is 3.18. The Morgan fingerprint density at radius 2 is 2.19 bits per heavy atom. The molecule has 1 aromatic heterocycles. The highest BCUT2D eigenvalue weighted by molar-refractivity contribution is 7.94. The van der Waals surface area contributed by atoms with E-state index >= 15 is 0 Å². The van der Waals surface area contributed by atoms with Gasteiger partial charge in [0.25, 0.3) is 7.98 Å². The highest BCUT2D eigenvalue weighted by Crippen LogP contribution is 2.31. The van der Waals surface area contributed by atoms with Crippen molar-refractivity contribution in [3.8, 4) is 0 Å². The van der Waals surface area contributed by atoms with Crippen LogP contribution in [0, 0.1) is 0 Å². The van der Waals surface area contributed by atoms with E-state index in [0.29, 0.717) is 17.1 Å². The molecule has 0 saturated heterocycles. The molecule has 0 bridgehead atoms. The van der Waals surface area contributed by atoms with Crippen molar-refractivity contribution >= 4 is 38.0 Å². The van der Waals surface area contributed by atoms with Gasteiger partial charge in [-0.05, 0) is 18.9 Å². The van der Waals surface area contributed by atoms with E-state index in [1.165, 1.54) is 19.4 Å². The van der Waals surface area contributed by atoms with Gasteiger partial charge >= 0.3 is 14.0 Å². The standard InChI is InChI=1S/C10H11B2N3O5S/c1-19-8(9(16)20-12)7-4-5-13-10(14-7)15(11)21(17,18)6-2-3-6/h4-6,8H,2-3H2,1H3. The first kappa shape index (κ1) is 15.8. The predicted octanol–water partition coefficient (Wildman–Crippen LogP) is -0.827. The zero-order valence-corrected chi connectivity index (χ0v) is 12.0. The van der Waals surface area contributed by atoms with Gasteiger partial charge in [-0.1, -0.05) is 0 Å². The number of carbonyl (C=O) groups excluding carboxylic acids is 1. The Hall–Kier alpha value is -1.61. The monoisotopic (exact) mass is 307 g/mol. The highest BCUT2D eigenvalue weighted by Gasteiger charge is 2.39. The summed E-state index contributed by atoms with van der Waals surface area (Å²) < 4.78 is 33.5. The average molecular weight is 307 g/mol. The summed E-state index contributed by atoms with van der Waals surface area (Å²) in [6.07, 6.45) is 1.16. The van der Waals surface area contributed by atoms with Gasteiger partial charge in [0.2, 0.25) is 16.0 Å². The molecule has 8 nitrogen and oxygen atoms in total. The third-order valence-electron chi connectivity index (χ3n) is 2.92. The van der Waals surface area contributed by atoms with Gasteiger partial charge in [0.15, 0.2) is 6.10 Å². The van der Waals surface area contributed by atoms with Crippen LogP contribution < -0.4 is 4.22 Å². The van der Waals surface area contributed by atoms with Crippen molar-refractivity contribution in [2.45, 2.75) is 24.2 Å². The number of aromatic nitrogens is 2. The lowest BCUT2D eigenvalue weighted by Crippen LogP contribution is -2.33. The fourth-order valence-corrected chi connectivity index (χ4v) is 3.02. The Morgan fingerprint density at radius 1 is 1.52 bits per heavy atom. The molecule has 0 amide bonds. The summed E-state index contributed by atoms with van der Waals surface area (Å²) in [6.45, 7) is 0. The largest absolute Gasteiger partial charge is 0.541 e. The molecular formula is C10H11B2N3O5S. The van der Waals surface area contributed by atoms with Crippen LogP contribution in [0.4, 0.5) is 5.95 Å². The number of nitrogens with zero attached hydrogens (tertiary/aromatic N) is 3. The molecule has 0 N–H and O–H groups in total. The van der Waals surface area contributed by atoms with E-state index in [1.54, 1.807) is 0 Å². The molecule has 108 valence electrons. The topological polar surface area (TPSA) is 98.7 Å². The number of ether oxygens (including phenoxy) is 1. The number of hydrogen-bond donors (Lipinski definition) is 0. The molecule has 11 heteroatoms. The van der Waals surface area contributed by atoms with Crippen LogP contribution in [0.25, 0.3) is 0 Å². The summed E-state index contributed by atoms with van der Waals surface area (Å²) in [4.78, 5) is 19.2. The Kier molecular flexibility index (Phi) is 4.52. The first-order valence-corrected chi connectivity index (χ1v) is 7.47. The first-order valence-electron chi connectivity index (χ1n) is 5.97. The molecule has 1 aromatic rings. The minimum atomic E-state index is -3.69. The molecule has 4 radical (unpaired) electrons. The molecule has 0 spiro atoms. The maximum Gasteiger partial charge on any atom is 0.378 e. The van der Waals surface area contributed by atoms with Crippen LogP contribution in [0.3, 0.4) is 0 Å². The summed E-state index contributed by atoms with van der Waals surface area (Å²) in [5, 5.41) is -0.512. The molecule has 1 fully saturated rings. The van der Waals surface area contributed by atoms with Gasteiger partial charge in [-0.15, -0.1) is 0 Å². The number of sulfonamides is 1. The van der Waals surface area contributed by atoms with Gasteiger partial charge < -0.3 is 9.39 Å². The summed E-state index contributed by atoms with van der Waals surface area (Å²) in [5.74, 6) is -1.14. The van der Waals surface area contributed by atoms with E-state index in [-0.39, 0.29) is 11.6 Å². The predicted molar refractivity (Wildman–Crippen MR) is 73.8 cm³/mol. The zero-order chi connectivity index (χ0) is 15.6. The molecule has 2 rings (SSSR count). The number of anilines is 1. The maximum absolute atomic E-state index is 12.0. The fraction of sp³-hybridized carbons (Fsp3) is 0.500. The smallest absolute Gasteiger partial charge is 0.378 e. The summed E-state index contributed by atoms with van der Waals surface area (Å²) in [6, 6.07) is 1.37. The van der Waals surface area contributed by atoms with Crippen molar-refractivity contribution in [2.24, 2.45) is 0 Å². The van der Waals surface area contributed by atoms with Crippen LogP contribution in [-0.4, -0.2) is 52.7 Å². The van der Waals surface area contributed by atoms with Crippen molar-refractivity contribution < 1.29 is 22.6 Å². The molecule has 21 heavy (non-hydrogen) atoms. The lowest BCUT2D eigenvalue weighted by atomic mass is 10.2. The second-order valence-corrected chi connectivity index (χ2v) is 6.46. The average Bonchev–Trinajstić information content (AvgIpc) is 3.32. The molecule has 1 unspecified atom stereocenters. The van der Waals surface area contributed by atoms with E-state index in [2.05, 4.69) is 14.6 Å². The van der Waals surface area contributed by atoms with Crippen LogP contribution in [0.2, 0.25) is 0 Å². The maximum atomic E-state index is 12.0. The van der Waals surface area contributed by atoms with Crippen molar-refractivity contribution in [3.63, 3.8) is 0 Å². The molecule has 0 aliphatic heterocycles. The Labute approximate surface area is 124 Å². The van der Waals surface area contributed by atoms with Gasteiger partial charge in [0.1, 0.15) is 0 Å². The summed E-state index contributed by atoms with van der Waals surface area (Å²) >= 11 is 0. The van der Waals surface area contributed by atoms with Crippen molar-refractivity contribution in [1.82, 2.24) is 9.97 Å². The van der Waals surface area contributed by atoms with Gasteiger partial charge in [0.05, 0.1) is 10.9 Å². The highest BCUT2D eigenvalue weighted by atomic mass is 32.2. The molecule has 1 aliphatic carbocycles. The van der Waals surface area contributed by atoms with Crippen molar-refractivity contribution in [2.75, 3.05) is 11.3 Å². The quantitative estimate of drug-likeness (QED) is 0.633. The van der Waals surface area contributed by atoms with Gasteiger partial charge in [-0.3, -0.25) is 9.01 Å². The summed E-state index contributed by atoms with van der Waals surface area (Å²) in [5.41, 5.74) is 0.0828. The molecule has 0 aromatic carbocycles. The van der Waals surface area contributed by atoms with Crippen molar-refractivity contribution in [3.05, 3.63) is 18.0 Å². The SMILES string of the molecule is [B]OC(=O)C(OC)c1ccnc(N([B])S(=O)(=O)C2CC2)n1. The second-order valence-electron chi connectivity index (χ2n) is 4.37. The zero-order valence-electron chi connectivity index (χ0n) is 11.2. The normalized spacial score (nSPS) is 16.2. The van der Waals surface area contributed by atoms with E-state index in [9.17, 15) is 13.2 Å². The molecular weight excluding hydrogens is 296 g/mol. The minimum Gasteiger partial charge on any atom is -0.541 e. The van der Waals surface area contributed by atoms with Crippen LogP contribution in [0.1, 0.15) is 24.6 Å². The van der Waals surface area contributed by atoms with Crippen LogP contribution in [-0.2, 0) is 24.2 Å². The molecule has 1 saturated carbocycles. The van der Waals surface area contributed by atoms with Crippen LogP contribution in [0.15, 0.2) is 12.3 Å². The van der Waals surface area contributed by atoms with E-state index in [0.717, 1.165) is 0 Å². The van der Waals surface area contributed by atoms with Crippen molar-refractivity contribution in [1.29, 1.82) is 0 Å². The minimum absolute atomic E-state index is 0.0828. The Morgan fingerprint density at radius 3 is 2.71 bits per heavy atom. The lowest BCUT2D eigenvalue weighted by Gasteiger charge is -2.19. The Bertz CT molecular complexity index is 637. The summed E-state index contributed by atoms with van der Waals surface area (Å²) in [7, 11) is 7.93. The molecule has 1 heterocycles. The van der Waals surface area contributed by atoms with E-state index in [4.69, 9.17) is 20.8 Å². The fourth-order valence-electron chi connectivity index (χ4n) is 1.65. The number of hydrogen-bond acceptors (Lipinski definition) is 7. The number of rotatable bonds is 6. The first-order chi connectivity index (χ1) is 9.91. The molecule has 1 aliphatic rings.